The first-order valence-electron chi connectivity index (χ1n) is 8.37. The van der Waals surface area contributed by atoms with E-state index in [1.165, 1.54) is 18.2 Å². The molecule has 0 amide bonds. The van der Waals surface area contributed by atoms with E-state index in [0.29, 0.717) is 28.8 Å². The molecule has 0 saturated heterocycles. The minimum absolute atomic E-state index is 0.112. The third-order valence-electron chi connectivity index (χ3n) is 4.18. The van der Waals surface area contributed by atoms with E-state index in [-0.39, 0.29) is 17.5 Å². The van der Waals surface area contributed by atoms with Gasteiger partial charge in [0, 0.05) is 11.3 Å². The second kappa shape index (κ2) is 7.36. The van der Waals surface area contributed by atoms with E-state index >= 15 is 0 Å². The van der Waals surface area contributed by atoms with E-state index in [1.54, 1.807) is 12.1 Å². The Morgan fingerprint density at radius 2 is 2.04 bits per heavy atom. The van der Waals surface area contributed by atoms with Crippen LogP contribution in [0.1, 0.15) is 11.3 Å². The molecule has 2 aromatic carbocycles. The molecule has 0 fully saturated rings. The number of nitrogens with zero attached hydrogens (tertiary/aromatic N) is 2. The molecule has 2 N–H and O–H groups in total. The molecule has 4 aromatic rings. The predicted octanol–water partition coefficient (Wildman–Crippen LogP) is 5.26. The molecule has 2 aromatic heterocycles. The summed E-state index contributed by atoms with van der Waals surface area (Å²) in [6.45, 7) is 2.00. The van der Waals surface area contributed by atoms with Crippen LogP contribution in [-0.4, -0.2) is 10.1 Å². The molecule has 4 rings (SSSR count). The fourth-order valence-corrected chi connectivity index (χ4v) is 2.86. The molecule has 28 heavy (non-hydrogen) atoms. The Bertz CT molecular complexity index is 1140. The molecule has 0 aliphatic carbocycles. The minimum atomic E-state index is -0.430. The van der Waals surface area contributed by atoms with Gasteiger partial charge in [-0.2, -0.15) is 4.98 Å². The van der Waals surface area contributed by atoms with Gasteiger partial charge < -0.3 is 19.4 Å². The zero-order chi connectivity index (χ0) is 19.7. The summed E-state index contributed by atoms with van der Waals surface area (Å²) in [4.78, 5) is 4.38. The van der Waals surface area contributed by atoms with Crippen LogP contribution in [0.4, 0.5) is 10.1 Å². The fourth-order valence-electron chi connectivity index (χ4n) is 2.64. The van der Waals surface area contributed by atoms with E-state index in [1.807, 2.05) is 25.1 Å². The van der Waals surface area contributed by atoms with Crippen LogP contribution in [0, 0.1) is 12.7 Å². The zero-order valence-electron chi connectivity index (χ0n) is 14.8. The van der Waals surface area contributed by atoms with Gasteiger partial charge in [-0.15, -0.1) is 0 Å². The Morgan fingerprint density at radius 1 is 1.18 bits per heavy atom. The maximum atomic E-state index is 13.1. The van der Waals surface area contributed by atoms with E-state index in [2.05, 4.69) is 10.1 Å². The lowest BCUT2D eigenvalue weighted by Gasteiger charge is -2.05. The lowest BCUT2D eigenvalue weighted by Crippen LogP contribution is -1.94. The summed E-state index contributed by atoms with van der Waals surface area (Å²) >= 11 is 5.94. The number of rotatable bonds is 5. The third-order valence-corrected chi connectivity index (χ3v) is 4.47. The highest BCUT2D eigenvalue weighted by molar-refractivity contribution is 6.32. The van der Waals surface area contributed by atoms with Gasteiger partial charge in [-0.05, 0) is 48.9 Å². The minimum Gasteiger partial charge on any atom is -0.484 e. The number of aromatic nitrogens is 2. The van der Waals surface area contributed by atoms with Crippen LogP contribution < -0.4 is 10.5 Å². The second-order valence-electron chi connectivity index (χ2n) is 6.07. The van der Waals surface area contributed by atoms with E-state index in [9.17, 15) is 4.39 Å². The summed E-state index contributed by atoms with van der Waals surface area (Å²) in [7, 11) is 0. The smallest absolute Gasteiger partial charge is 0.293 e. The van der Waals surface area contributed by atoms with Crippen LogP contribution in [0.15, 0.2) is 57.5 Å². The monoisotopic (exact) mass is 399 g/mol. The van der Waals surface area contributed by atoms with Crippen molar-refractivity contribution >= 4 is 17.3 Å². The number of hydrogen-bond acceptors (Lipinski definition) is 6. The van der Waals surface area contributed by atoms with Crippen molar-refractivity contribution < 1.29 is 18.1 Å². The molecule has 8 heteroatoms. The van der Waals surface area contributed by atoms with Crippen molar-refractivity contribution in [3.63, 3.8) is 0 Å². The van der Waals surface area contributed by atoms with Crippen LogP contribution >= 0.6 is 11.6 Å². The molecule has 2 heterocycles. The number of nitrogen functional groups attached to an aromatic ring is 1. The maximum absolute atomic E-state index is 13.1. The normalized spacial score (nSPS) is 11.0. The largest absolute Gasteiger partial charge is 0.484 e. The molecule has 0 aliphatic heterocycles. The summed E-state index contributed by atoms with van der Waals surface area (Å²) in [5.74, 6) is 1.52. The topological polar surface area (TPSA) is 87.3 Å². The Morgan fingerprint density at radius 3 is 2.86 bits per heavy atom. The number of benzene rings is 2. The number of halogens is 2. The quantitative estimate of drug-likeness (QED) is 0.460. The standard InChI is InChI=1S/C20H15ClFN3O3/c1-11-14(3-2-4-16(11)23)19-24-20(28-25-19)18-8-6-13(27-18)10-26-17-7-5-12(22)9-15(17)21/h2-9H,10,23H2,1H3. The summed E-state index contributed by atoms with van der Waals surface area (Å²) in [5.41, 5.74) is 8.25. The molecule has 0 spiro atoms. The Balaban J connectivity index is 1.50. The number of furan rings is 1. The number of nitrogens with two attached hydrogens (primary N) is 1. The van der Waals surface area contributed by atoms with Gasteiger partial charge in [-0.3, -0.25) is 0 Å². The van der Waals surface area contributed by atoms with Gasteiger partial charge in [0.2, 0.25) is 5.82 Å². The first-order valence-corrected chi connectivity index (χ1v) is 8.75. The molecule has 0 bridgehead atoms. The van der Waals surface area contributed by atoms with Crippen molar-refractivity contribution in [1.82, 2.24) is 10.1 Å². The van der Waals surface area contributed by atoms with Gasteiger partial charge >= 0.3 is 0 Å². The summed E-state index contributed by atoms with van der Waals surface area (Å²) in [6, 6.07) is 12.9. The van der Waals surface area contributed by atoms with Crippen molar-refractivity contribution in [3.05, 3.63) is 70.7 Å². The van der Waals surface area contributed by atoms with Gasteiger partial charge in [0.15, 0.2) is 5.76 Å². The number of anilines is 1. The third kappa shape index (κ3) is 3.57. The van der Waals surface area contributed by atoms with Crippen LogP contribution in [0.25, 0.3) is 23.0 Å². The van der Waals surface area contributed by atoms with Crippen LogP contribution in [0.3, 0.4) is 0 Å². The molecular formula is C20H15ClFN3O3. The highest BCUT2D eigenvalue weighted by atomic mass is 35.5. The molecule has 6 nitrogen and oxygen atoms in total. The maximum Gasteiger partial charge on any atom is 0.293 e. The number of hydrogen-bond donors (Lipinski definition) is 1. The Hall–Kier alpha value is -3.32. The predicted molar refractivity (Wildman–Crippen MR) is 102 cm³/mol. The van der Waals surface area contributed by atoms with Gasteiger partial charge in [-0.25, -0.2) is 4.39 Å². The average molecular weight is 400 g/mol. The summed E-state index contributed by atoms with van der Waals surface area (Å²) in [6.07, 6.45) is 0. The van der Waals surface area contributed by atoms with Crippen molar-refractivity contribution in [2.45, 2.75) is 13.5 Å². The first-order chi connectivity index (χ1) is 13.5. The lowest BCUT2D eigenvalue weighted by atomic mass is 10.1. The van der Waals surface area contributed by atoms with Crippen molar-refractivity contribution in [1.29, 1.82) is 0 Å². The Kier molecular flexibility index (Phi) is 4.75. The lowest BCUT2D eigenvalue weighted by molar-refractivity contribution is 0.270. The van der Waals surface area contributed by atoms with Gasteiger partial charge in [-0.1, -0.05) is 28.9 Å². The van der Waals surface area contributed by atoms with Gasteiger partial charge in [0.05, 0.1) is 5.02 Å². The number of ether oxygens (including phenoxy) is 1. The molecule has 0 atom stereocenters. The van der Waals surface area contributed by atoms with Crippen LogP contribution in [0.2, 0.25) is 5.02 Å². The van der Waals surface area contributed by atoms with Crippen molar-refractivity contribution in [3.8, 4) is 28.8 Å². The SMILES string of the molecule is Cc1c(N)cccc1-c1noc(-c2ccc(COc3ccc(F)cc3Cl)o2)n1. The van der Waals surface area contributed by atoms with E-state index in [0.717, 1.165) is 11.1 Å². The molecular weight excluding hydrogens is 385 g/mol. The summed E-state index contributed by atoms with van der Waals surface area (Å²) in [5, 5.41) is 4.19. The van der Waals surface area contributed by atoms with Gasteiger partial charge in [0.1, 0.15) is 23.9 Å². The molecule has 0 radical (unpaired) electrons. The molecule has 0 unspecified atom stereocenters. The summed E-state index contributed by atoms with van der Waals surface area (Å²) < 4.78 is 29.6. The van der Waals surface area contributed by atoms with Gasteiger partial charge in [0.25, 0.3) is 5.89 Å². The highest BCUT2D eigenvalue weighted by Crippen LogP contribution is 2.29. The Labute approximate surface area is 164 Å². The van der Waals surface area contributed by atoms with E-state index in [4.69, 9.17) is 31.0 Å². The molecule has 142 valence electrons. The van der Waals surface area contributed by atoms with Crippen LogP contribution in [-0.2, 0) is 6.61 Å². The average Bonchev–Trinajstić information content (AvgIpc) is 3.32. The zero-order valence-corrected chi connectivity index (χ0v) is 15.5. The first kappa shape index (κ1) is 18.1. The highest BCUT2D eigenvalue weighted by Gasteiger charge is 2.16. The van der Waals surface area contributed by atoms with E-state index < -0.39 is 5.82 Å². The van der Waals surface area contributed by atoms with Crippen molar-refractivity contribution in [2.75, 3.05) is 5.73 Å². The fraction of sp³-hybridized carbons (Fsp3) is 0.100. The molecule has 0 saturated carbocycles. The van der Waals surface area contributed by atoms with Crippen LogP contribution in [0.5, 0.6) is 5.75 Å². The van der Waals surface area contributed by atoms with Crippen molar-refractivity contribution in [2.24, 2.45) is 0 Å². The molecule has 0 aliphatic rings. The second-order valence-corrected chi connectivity index (χ2v) is 6.48.